The van der Waals surface area contributed by atoms with Gasteiger partial charge in [-0.25, -0.2) is 4.79 Å². The molecule has 5 heteroatoms. The van der Waals surface area contributed by atoms with Crippen molar-refractivity contribution in [1.82, 2.24) is 4.90 Å². The molecule has 0 saturated carbocycles. The number of carbonyl (C=O) groups is 1. The summed E-state index contributed by atoms with van der Waals surface area (Å²) in [6, 6.07) is 21.5. The smallest absolute Gasteiger partial charge is 0.410 e. The highest BCUT2D eigenvalue weighted by Gasteiger charge is 2.41. The molecule has 0 aliphatic carbocycles. The van der Waals surface area contributed by atoms with Gasteiger partial charge < -0.3 is 14.7 Å². The fraction of sp³-hybridized carbons (Fsp3) is 0.458. The Hall–Kier alpha value is -2.11. The van der Waals surface area contributed by atoms with Crippen molar-refractivity contribution >= 4 is 24.5 Å². The number of rotatable bonds is 5. The first-order valence-corrected chi connectivity index (χ1v) is 13.2. The molecule has 2 aromatic carbocycles. The van der Waals surface area contributed by atoms with E-state index in [9.17, 15) is 9.90 Å². The van der Waals surface area contributed by atoms with Crippen LogP contribution in [-0.2, 0) is 4.74 Å². The number of aliphatic hydroxyl groups excluding tert-OH is 1. The molecule has 1 N–H and O–H groups in total. The second-order valence-electron chi connectivity index (χ2n) is 9.22. The molecule has 1 amide bonds. The Morgan fingerprint density at radius 3 is 2.10 bits per heavy atom. The van der Waals surface area contributed by atoms with Gasteiger partial charge in [-0.15, -0.1) is 0 Å². The zero-order valence-corrected chi connectivity index (χ0v) is 19.0. The molecule has 1 saturated heterocycles. The van der Waals surface area contributed by atoms with E-state index in [0.717, 1.165) is 12.8 Å². The van der Waals surface area contributed by atoms with Gasteiger partial charge in [-0.1, -0.05) is 77.6 Å². The summed E-state index contributed by atoms with van der Waals surface area (Å²) in [5, 5.41) is 13.9. The monoisotopic (exact) mass is 411 g/mol. The molecule has 0 aromatic heterocycles. The molecular formula is C24H33NO3Si. The van der Waals surface area contributed by atoms with Crippen molar-refractivity contribution in [2.24, 2.45) is 0 Å². The number of hydrogen-bond acceptors (Lipinski definition) is 3. The van der Waals surface area contributed by atoms with Gasteiger partial charge >= 0.3 is 6.09 Å². The third-order valence-electron chi connectivity index (χ3n) is 5.81. The predicted octanol–water partition coefficient (Wildman–Crippen LogP) is 3.64. The summed E-state index contributed by atoms with van der Waals surface area (Å²) in [5.41, 5.74) is -0.535. The quantitative estimate of drug-likeness (QED) is 0.764. The van der Waals surface area contributed by atoms with E-state index in [1.165, 1.54) is 10.4 Å². The average Bonchev–Trinajstić information content (AvgIpc) is 3.18. The van der Waals surface area contributed by atoms with Gasteiger partial charge in [-0.05, 0) is 39.7 Å². The van der Waals surface area contributed by atoms with Gasteiger partial charge in [0, 0.05) is 6.54 Å². The topological polar surface area (TPSA) is 49.8 Å². The van der Waals surface area contributed by atoms with E-state index >= 15 is 0 Å². The van der Waals surface area contributed by atoms with Crippen molar-refractivity contribution in [3.05, 3.63) is 60.7 Å². The largest absolute Gasteiger partial charge is 0.444 e. The molecule has 1 fully saturated rings. The predicted molar refractivity (Wildman–Crippen MR) is 121 cm³/mol. The van der Waals surface area contributed by atoms with Crippen molar-refractivity contribution in [3.8, 4) is 0 Å². The van der Waals surface area contributed by atoms with Crippen molar-refractivity contribution in [3.63, 3.8) is 0 Å². The van der Waals surface area contributed by atoms with Crippen LogP contribution in [0.2, 0.25) is 12.6 Å². The molecule has 4 nitrogen and oxygen atoms in total. The average molecular weight is 412 g/mol. The number of likely N-dealkylation sites (tertiary alicyclic amines) is 1. The third-order valence-corrected chi connectivity index (χ3v) is 10.3. The Morgan fingerprint density at radius 2 is 1.62 bits per heavy atom. The summed E-state index contributed by atoms with van der Waals surface area (Å²) < 4.78 is 5.59. The number of hydrogen-bond donors (Lipinski definition) is 1. The van der Waals surface area contributed by atoms with E-state index in [1.54, 1.807) is 4.90 Å². The molecule has 1 aliphatic heterocycles. The normalized spacial score (nSPS) is 18.5. The second kappa shape index (κ2) is 8.72. The SMILES string of the molecule is CC(C)(C)OC(=O)N1CCC[C@@H]1[C@H](O)C[Si](C)(c1ccccc1)c1ccccc1. The molecule has 156 valence electrons. The minimum atomic E-state index is -2.17. The first-order valence-electron chi connectivity index (χ1n) is 10.5. The van der Waals surface area contributed by atoms with Crippen LogP contribution < -0.4 is 10.4 Å². The van der Waals surface area contributed by atoms with Gasteiger partial charge in [-0.3, -0.25) is 0 Å². The van der Waals surface area contributed by atoms with E-state index in [2.05, 4.69) is 55.1 Å². The Bertz CT molecular complexity index is 764. The molecule has 3 rings (SSSR count). The minimum absolute atomic E-state index is 0.191. The number of aliphatic hydroxyl groups is 1. The van der Waals surface area contributed by atoms with Gasteiger partial charge in [0.05, 0.1) is 12.1 Å². The van der Waals surface area contributed by atoms with Crippen molar-refractivity contribution in [1.29, 1.82) is 0 Å². The molecular weight excluding hydrogens is 378 g/mol. The van der Waals surface area contributed by atoms with E-state index in [1.807, 2.05) is 32.9 Å². The fourth-order valence-corrected chi connectivity index (χ4v) is 8.08. The molecule has 29 heavy (non-hydrogen) atoms. The van der Waals surface area contributed by atoms with Gasteiger partial charge in [0.25, 0.3) is 0 Å². The lowest BCUT2D eigenvalue weighted by atomic mass is 10.1. The molecule has 2 aromatic rings. The lowest BCUT2D eigenvalue weighted by Gasteiger charge is -2.36. The first kappa shape index (κ1) is 21.6. The Morgan fingerprint density at radius 1 is 1.10 bits per heavy atom. The zero-order valence-electron chi connectivity index (χ0n) is 18.0. The molecule has 0 spiro atoms. The van der Waals surface area contributed by atoms with Gasteiger partial charge in [-0.2, -0.15) is 0 Å². The van der Waals surface area contributed by atoms with Crippen molar-refractivity contribution in [2.45, 2.75) is 64.0 Å². The zero-order chi connectivity index (χ0) is 21.1. The summed E-state index contributed by atoms with van der Waals surface area (Å²) >= 11 is 0. The number of amides is 1. The lowest BCUT2D eigenvalue weighted by Crippen LogP contribution is -2.59. The van der Waals surface area contributed by atoms with Crippen LogP contribution in [0.1, 0.15) is 33.6 Å². The molecule has 0 radical (unpaired) electrons. The van der Waals surface area contributed by atoms with Gasteiger partial charge in [0.1, 0.15) is 13.7 Å². The molecule has 0 bridgehead atoms. The number of carbonyl (C=O) groups excluding carboxylic acids is 1. The molecule has 2 atom stereocenters. The highest BCUT2D eigenvalue weighted by molar-refractivity contribution is 7.01. The van der Waals surface area contributed by atoms with Crippen molar-refractivity contribution in [2.75, 3.05) is 6.54 Å². The Kier molecular flexibility index (Phi) is 6.49. The van der Waals surface area contributed by atoms with Crippen LogP contribution in [0, 0.1) is 0 Å². The van der Waals surface area contributed by atoms with E-state index < -0.39 is 19.8 Å². The number of nitrogens with zero attached hydrogens (tertiary/aromatic N) is 1. The first-order chi connectivity index (χ1) is 13.7. The maximum Gasteiger partial charge on any atom is 0.410 e. The second-order valence-corrected chi connectivity index (χ2v) is 13.4. The summed E-state index contributed by atoms with van der Waals surface area (Å²) in [6.07, 6.45) is 0.814. The summed E-state index contributed by atoms with van der Waals surface area (Å²) in [7, 11) is -2.17. The molecule has 1 aliphatic rings. The summed E-state index contributed by atoms with van der Waals surface area (Å²) in [4.78, 5) is 14.4. The van der Waals surface area contributed by atoms with Crippen LogP contribution >= 0.6 is 0 Å². The third kappa shape index (κ3) is 5.09. The van der Waals surface area contributed by atoms with Crippen molar-refractivity contribution < 1.29 is 14.6 Å². The Balaban J connectivity index is 1.85. The maximum absolute atomic E-state index is 12.7. The highest BCUT2D eigenvalue weighted by Crippen LogP contribution is 2.27. The fourth-order valence-electron chi connectivity index (χ4n) is 4.31. The van der Waals surface area contributed by atoms with E-state index in [-0.39, 0.29) is 12.1 Å². The number of benzene rings is 2. The molecule has 0 unspecified atom stereocenters. The van der Waals surface area contributed by atoms with Crippen LogP contribution in [0.25, 0.3) is 0 Å². The summed E-state index contributed by atoms with van der Waals surface area (Å²) in [5.74, 6) is 0. The lowest BCUT2D eigenvalue weighted by molar-refractivity contribution is 0.00791. The van der Waals surface area contributed by atoms with Crippen LogP contribution in [0.5, 0.6) is 0 Å². The highest BCUT2D eigenvalue weighted by atomic mass is 28.3. The van der Waals surface area contributed by atoms with Gasteiger partial charge in [0.15, 0.2) is 0 Å². The van der Waals surface area contributed by atoms with Crippen LogP contribution in [0.4, 0.5) is 4.79 Å². The van der Waals surface area contributed by atoms with Crippen LogP contribution in [0.15, 0.2) is 60.7 Å². The Labute approximate surface area is 175 Å². The minimum Gasteiger partial charge on any atom is -0.444 e. The van der Waals surface area contributed by atoms with Gasteiger partial charge in [0.2, 0.25) is 0 Å². The molecule has 1 heterocycles. The maximum atomic E-state index is 12.7. The van der Waals surface area contributed by atoms with E-state index in [4.69, 9.17) is 4.74 Å². The van der Waals surface area contributed by atoms with E-state index in [0.29, 0.717) is 12.6 Å². The number of ether oxygens (including phenoxy) is 1. The summed E-state index contributed by atoms with van der Waals surface area (Å²) in [6.45, 7) is 8.59. The van der Waals surface area contributed by atoms with Crippen LogP contribution in [0.3, 0.4) is 0 Å². The standard InChI is InChI=1S/C24H33NO3Si/c1-24(2,3)28-23(27)25-17-11-16-21(25)22(26)18-29(4,19-12-7-5-8-13-19)20-14-9-6-10-15-20/h5-10,12-15,21-22,26H,11,16-18H2,1-4H3/t21-,22-/m1/s1. The van der Waals surface area contributed by atoms with Crippen LogP contribution in [-0.4, -0.2) is 48.5 Å².